The van der Waals surface area contributed by atoms with E-state index in [-0.39, 0.29) is 23.8 Å². The van der Waals surface area contributed by atoms with Crippen molar-refractivity contribution in [3.8, 4) is 17.6 Å². The summed E-state index contributed by atoms with van der Waals surface area (Å²) in [5.74, 6) is 4.82. The maximum atomic E-state index is 13.3. The highest BCUT2D eigenvalue weighted by molar-refractivity contribution is 7.89. The Kier molecular flexibility index (Phi) is 5.99. The van der Waals surface area contributed by atoms with Crippen LogP contribution in [0.3, 0.4) is 0 Å². The number of para-hydroxylation sites is 1. The number of ether oxygens (including phenoxy) is 1. The first-order valence-corrected chi connectivity index (χ1v) is 8.43. The molecule has 2 aromatic carbocycles. The molecule has 0 radical (unpaired) electrons. The SMILES string of the molecule is O=S(=O)(NCC#CCOc1ccccc1F)c1cccc(Cl)c1. The van der Waals surface area contributed by atoms with Crippen molar-refractivity contribution in [2.75, 3.05) is 13.2 Å². The average Bonchev–Trinajstić information content (AvgIpc) is 2.52. The fourth-order valence-electron chi connectivity index (χ4n) is 1.64. The van der Waals surface area contributed by atoms with Gasteiger partial charge in [-0.2, -0.15) is 4.72 Å². The third kappa shape index (κ3) is 5.25. The fourth-order valence-corrected chi connectivity index (χ4v) is 2.86. The van der Waals surface area contributed by atoms with Crippen molar-refractivity contribution in [3.63, 3.8) is 0 Å². The summed E-state index contributed by atoms with van der Waals surface area (Å²) in [6.45, 7) is -0.130. The molecule has 4 nitrogen and oxygen atoms in total. The van der Waals surface area contributed by atoms with E-state index in [1.807, 2.05) is 0 Å². The van der Waals surface area contributed by atoms with Crippen molar-refractivity contribution in [1.29, 1.82) is 0 Å². The van der Waals surface area contributed by atoms with Crippen molar-refractivity contribution in [2.24, 2.45) is 0 Å². The van der Waals surface area contributed by atoms with Crippen LogP contribution in [0.25, 0.3) is 0 Å². The first kappa shape index (κ1) is 17.3. The summed E-state index contributed by atoms with van der Waals surface area (Å²) in [6.07, 6.45) is 0. The van der Waals surface area contributed by atoms with Gasteiger partial charge in [-0.25, -0.2) is 12.8 Å². The van der Waals surface area contributed by atoms with E-state index < -0.39 is 15.8 Å². The fraction of sp³-hybridized carbons (Fsp3) is 0.125. The summed E-state index contributed by atoms with van der Waals surface area (Å²) < 4.78 is 44.6. The molecule has 120 valence electrons. The van der Waals surface area contributed by atoms with Crippen LogP contribution in [0.1, 0.15) is 0 Å². The third-order valence-electron chi connectivity index (χ3n) is 2.72. The molecular weight excluding hydrogens is 341 g/mol. The smallest absolute Gasteiger partial charge is 0.241 e. The van der Waals surface area contributed by atoms with Crippen LogP contribution < -0.4 is 9.46 Å². The lowest BCUT2D eigenvalue weighted by Crippen LogP contribution is -2.24. The molecule has 0 spiro atoms. The van der Waals surface area contributed by atoms with Crippen LogP contribution in [0.15, 0.2) is 53.4 Å². The van der Waals surface area contributed by atoms with E-state index in [2.05, 4.69) is 16.6 Å². The normalized spacial score (nSPS) is 10.7. The van der Waals surface area contributed by atoms with Crippen molar-refractivity contribution in [2.45, 2.75) is 4.90 Å². The van der Waals surface area contributed by atoms with Crippen molar-refractivity contribution in [3.05, 3.63) is 59.4 Å². The first-order chi connectivity index (χ1) is 11.0. The number of rotatable bonds is 5. The van der Waals surface area contributed by atoms with Gasteiger partial charge in [0.2, 0.25) is 10.0 Å². The van der Waals surface area contributed by atoms with Crippen molar-refractivity contribution < 1.29 is 17.5 Å². The summed E-state index contributed by atoms with van der Waals surface area (Å²) >= 11 is 5.76. The summed E-state index contributed by atoms with van der Waals surface area (Å²) in [7, 11) is -3.67. The molecule has 0 fully saturated rings. The Morgan fingerprint density at radius 3 is 2.65 bits per heavy atom. The Morgan fingerprint density at radius 1 is 1.13 bits per heavy atom. The van der Waals surface area contributed by atoms with Gasteiger partial charge in [0.05, 0.1) is 11.4 Å². The summed E-state index contributed by atoms with van der Waals surface area (Å²) in [4.78, 5) is 0.0643. The first-order valence-electron chi connectivity index (χ1n) is 6.57. The molecule has 0 atom stereocenters. The van der Waals surface area contributed by atoms with Crippen LogP contribution >= 0.6 is 11.6 Å². The van der Waals surface area contributed by atoms with E-state index in [1.54, 1.807) is 24.3 Å². The van der Waals surface area contributed by atoms with Gasteiger partial charge in [-0.05, 0) is 30.3 Å². The molecule has 0 amide bonds. The predicted molar refractivity (Wildman–Crippen MR) is 86.3 cm³/mol. The quantitative estimate of drug-likeness (QED) is 0.841. The van der Waals surface area contributed by atoms with Crippen LogP contribution in [0, 0.1) is 17.7 Å². The Morgan fingerprint density at radius 2 is 1.91 bits per heavy atom. The van der Waals surface area contributed by atoms with Gasteiger partial charge in [-0.15, -0.1) is 0 Å². The molecule has 0 saturated heterocycles. The largest absolute Gasteiger partial charge is 0.478 e. The lowest BCUT2D eigenvalue weighted by molar-refractivity contribution is 0.348. The lowest BCUT2D eigenvalue weighted by Gasteiger charge is -2.04. The van der Waals surface area contributed by atoms with E-state index in [4.69, 9.17) is 16.3 Å². The van der Waals surface area contributed by atoms with Crippen LogP contribution in [-0.2, 0) is 10.0 Å². The molecule has 2 aromatic rings. The summed E-state index contributed by atoms with van der Waals surface area (Å²) in [5, 5.41) is 0.331. The van der Waals surface area contributed by atoms with Crippen molar-refractivity contribution in [1.82, 2.24) is 4.72 Å². The second-order valence-corrected chi connectivity index (χ2v) is 6.56. The zero-order valence-corrected chi connectivity index (χ0v) is 13.5. The van der Waals surface area contributed by atoms with Gasteiger partial charge in [0.25, 0.3) is 0 Å². The van der Waals surface area contributed by atoms with E-state index in [1.165, 1.54) is 24.3 Å². The van der Waals surface area contributed by atoms with Crippen LogP contribution in [0.5, 0.6) is 5.75 Å². The molecule has 0 aliphatic rings. The zero-order chi connectivity index (χ0) is 16.7. The van der Waals surface area contributed by atoms with Gasteiger partial charge < -0.3 is 4.74 Å². The Balaban J connectivity index is 1.85. The molecular formula is C16H13ClFNO3S. The van der Waals surface area contributed by atoms with Gasteiger partial charge in [0.15, 0.2) is 11.6 Å². The Hall–Kier alpha value is -2.07. The van der Waals surface area contributed by atoms with E-state index in [9.17, 15) is 12.8 Å². The van der Waals surface area contributed by atoms with Gasteiger partial charge in [-0.1, -0.05) is 41.6 Å². The standard InChI is InChI=1S/C16H13ClFNO3S/c17-13-6-5-7-14(12-13)23(20,21)19-10-3-4-11-22-16-9-2-1-8-15(16)18/h1-2,5-9,12,19H,10-11H2. The highest BCUT2D eigenvalue weighted by atomic mass is 35.5. The molecule has 0 saturated carbocycles. The molecule has 0 aliphatic carbocycles. The van der Waals surface area contributed by atoms with Crippen LogP contribution in [0.4, 0.5) is 4.39 Å². The van der Waals surface area contributed by atoms with Crippen molar-refractivity contribution >= 4 is 21.6 Å². The van der Waals surface area contributed by atoms with Crippen LogP contribution in [0.2, 0.25) is 5.02 Å². The lowest BCUT2D eigenvalue weighted by atomic mass is 10.3. The van der Waals surface area contributed by atoms with E-state index >= 15 is 0 Å². The Labute approximate surface area is 139 Å². The van der Waals surface area contributed by atoms with E-state index in [0.29, 0.717) is 5.02 Å². The van der Waals surface area contributed by atoms with Gasteiger partial charge in [0.1, 0.15) is 6.61 Å². The molecule has 0 aliphatic heterocycles. The molecule has 0 aromatic heterocycles. The predicted octanol–water partition coefficient (Wildman–Crippen LogP) is 2.84. The minimum atomic E-state index is -3.67. The second-order valence-electron chi connectivity index (χ2n) is 4.35. The minimum Gasteiger partial charge on any atom is -0.478 e. The molecule has 23 heavy (non-hydrogen) atoms. The molecule has 0 unspecified atom stereocenters. The number of sulfonamides is 1. The maximum absolute atomic E-state index is 13.3. The highest BCUT2D eigenvalue weighted by Gasteiger charge is 2.12. The topological polar surface area (TPSA) is 55.4 Å². The molecule has 0 heterocycles. The highest BCUT2D eigenvalue weighted by Crippen LogP contribution is 2.15. The third-order valence-corrected chi connectivity index (χ3v) is 4.35. The average molecular weight is 354 g/mol. The molecule has 0 bridgehead atoms. The number of hydrogen-bond donors (Lipinski definition) is 1. The van der Waals surface area contributed by atoms with Gasteiger partial charge in [-0.3, -0.25) is 0 Å². The maximum Gasteiger partial charge on any atom is 0.241 e. The Bertz CT molecular complexity index is 844. The number of nitrogens with one attached hydrogen (secondary N) is 1. The van der Waals surface area contributed by atoms with Gasteiger partial charge in [0, 0.05) is 5.02 Å². The summed E-state index contributed by atoms with van der Waals surface area (Å²) in [5.41, 5.74) is 0. The van der Waals surface area contributed by atoms with Gasteiger partial charge >= 0.3 is 0 Å². The van der Waals surface area contributed by atoms with E-state index in [0.717, 1.165) is 0 Å². The minimum absolute atomic E-state index is 0.0418. The number of benzene rings is 2. The second kappa shape index (κ2) is 7.97. The number of halogens is 2. The summed E-state index contributed by atoms with van der Waals surface area (Å²) in [6, 6.07) is 11.9. The monoisotopic (exact) mass is 353 g/mol. The van der Waals surface area contributed by atoms with Crippen LogP contribution in [-0.4, -0.2) is 21.6 Å². The molecule has 1 N–H and O–H groups in total. The molecule has 7 heteroatoms. The molecule has 2 rings (SSSR count). The zero-order valence-electron chi connectivity index (χ0n) is 11.9. The number of hydrogen-bond acceptors (Lipinski definition) is 3.